The Morgan fingerprint density at radius 3 is 2.55 bits per heavy atom. The first-order valence-electron chi connectivity index (χ1n) is 6.55. The Morgan fingerprint density at radius 1 is 1.18 bits per heavy atom. The molecule has 0 fully saturated rings. The van der Waals surface area contributed by atoms with Crippen LogP contribution in [0.1, 0.15) is 15.9 Å². The quantitative estimate of drug-likeness (QED) is 0.842. The SMILES string of the molecule is COc1ccc(NC(=O)C2(O)OC(=O)c3ccccc32)cc1. The van der Waals surface area contributed by atoms with Crippen molar-refractivity contribution in [1.82, 2.24) is 0 Å². The van der Waals surface area contributed by atoms with Gasteiger partial charge < -0.3 is 19.9 Å². The van der Waals surface area contributed by atoms with Gasteiger partial charge in [0.15, 0.2) is 0 Å². The number of ether oxygens (including phenoxy) is 2. The number of nitrogens with one attached hydrogen (secondary N) is 1. The van der Waals surface area contributed by atoms with E-state index in [1.807, 2.05) is 0 Å². The van der Waals surface area contributed by atoms with Gasteiger partial charge in [0.05, 0.1) is 12.7 Å². The largest absolute Gasteiger partial charge is 0.497 e. The number of carbonyl (C=O) groups excluding carboxylic acids is 2. The summed E-state index contributed by atoms with van der Waals surface area (Å²) in [7, 11) is 1.53. The molecular weight excluding hydrogens is 286 g/mol. The minimum Gasteiger partial charge on any atom is -0.497 e. The van der Waals surface area contributed by atoms with Crippen LogP contribution < -0.4 is 10.1 Å². The van der Waals surface area contributed by atoms with E-state index in [1.54, 1.807) is 36.4 Å². The van der Waals surface area contributed by atoms with E-state index in [-0.39, 0.29) is 11.1 Å². The first kappa shape index (κ1) is 14.1. The lowest BCUT2D eigenvalue weighted by Crippen LogP contribution is -2.40. The summed E-state index contributed by atoms with van der Waals surface area (Å²) in [4.78, 5) is 24.1. The van der Waals surface area contributed by atoms with Crippen LogP contribution in [0.25, 0.3) is 0 Å². The number of aliphatic hydroxyl groups is 1. The minimum absolute atomic E-state index is 0.131. The van der Waals surface area contributed by atoms with Gasteiger partial charge in [-0.25, -0.2) is 4.79 Å². The van der Waals surface area contributed by atoms with Gasteiger partial charge in [-0.1, -0.05) is 18.2 Å². The van der Waals surface area contributed by atoms with Crippen molar-refractivity contribution in [3.63, 3.8) is 0 Å². The van der Waals surface area contributed by atoms with Crippen molar-refractivity contribution in [2.75, 3.05) is 12.4 Å². The molecule has 22 heavy (non-hydrogen) atoms. The lowest BCUT2D eigenvalue weighted by atomic mass is 10.0. The molecule has 1 heterocycles. The summed E-state index contributed by atoms with van der Waals surface area (Å²) in [6, 6.07) is 12.8. The van der Waals surface area contributed by atoms with E-state index in [0.717, 1.165) is 0 Å². The molecule has 1 aliphatic rings. The summed E-state index contributed by atoms with van der Waals surface area (Å²) >= 11 is 0. The molecule has 0 radical (unpaired) electrons. The molecule has 0 aromatic heterocycles. The average molecular weight is 299 g/mol. The Bertz CT molecular complexity index is 740. The molecule has 0 spiro atoms. The van der Waals surface area contributed by atoms with Gasteiger partial charge in [0.2, 0.25) is 0 Å². The number of hydrogen-bond donors (Lipinski definition) is 2. The zero-order valence-corrected chi connectivity index (χ0v) is 11.7. The Morgan fingerprint density at radius 2 is 1.86 bits per heavy atom. The van der Waals surface area contributed by atoms with Crippen LogP contribution >= 0.6 is 0 Å². The molecule has 0 saturated carbocycles. The zero-order chi connectivity index (χ0) is 15.7. The molecule has 0 saturated heterocycles. The van der Waals surface area contributed by atoms with Crippen LogP contribution in [-0.4, -0.2) is 24.1 Å². The first-order chi connectivity index (χ1) is 10.5. The molecule has 3 rings (SSSR count). The van der Waals surface area contributed by atoms with Crippen molar-refractivity contribution >= 4 is 17.6 Å². The van der Waals surface area contributed by atoms with Crippen LogP contribution in [0, 0.1) is 0 Å². The number of fused-ring (bicyclic) bond motifs is 1. The van der Waals surface area contributed by atoms with Gasteiger partial charge in [-0.2, -0.15) is 0 Å². The molecule has 1 atom stereocenters. The van der Waals surface area contributed by atoms with Crippen LogP contribution in [0.5, 0.6) is 5.75 Å². The van der Waals surface area contributed by atoms with Crippen molar-refractivity contribution in [3.8, 4) is 5.75 Å². The number of methoxy groups -OCH3 is 1. The van der Waals surface area contributed by atoms with Crippen molar-refractivity contribution in [2.45, 2.75) is 5.79 Å². The number of anilines is 1. The number of amides is 1. The number of carbonyl (C=O) groups is 2. The minimum atomic E-state index is -2.33. The smallest absolute Gasteiger partial charge is 0.341 e. The van der Waals surface area contributed by atoms with Gasteiger partial charge in [0.1, 0.15) is 5.75 Å². The van der Waals surface area contributed by atoms with E-state index < -0.39 is 17.7 Å². The molecule has 1 unspecified atom stereocenters. The van der Waals surface area contributed by atoms with Gasteiger partial charge >= 0.3 is 17.7 Å². The molecule has 2 N–H and O–H groups in total. The molecule has 6 heteroatoms. The molecule has 0 aliphatic carbocycles. The molecule has 112 valence electrons. The predicted octanol–water partition coefficient (Wildman–Crippen LogP) is 1.65. The zero-order valence-electron chi connectivity index (χ0n) is 11.7. The number of rotatable bonds is 3. The molecule has 6 nitrogen and oxygen atoms in total. The molecule has 1 aliphatic heterocycles. The fourth-order valence-electron chi connectivity index (χ4n) is 2.26. The summed E-state index contributed by atoms with van der Waals surface area (Å²) in [6.45, 7) is 0. The fourth-order valence-corrected chi connectivity index (χ4v) is 2.26. The number of esters is 1. The van der Waals surface area contributed by atoms with Gasteiger partial charge in [0, 0.05) is 11.3 Å². The first-order valence-corrected chi connectivity index (χ1v) is 6.55. The summed E-state index contributed by atoms with van der Waals surface area (Å²) in [5.41, 5.74) is 0.751. The third-order valence-electron chi connectivity index (χ3n) is 3.41. The van der Waals surface area contributed by atoms with Crippen LogP contribution in [0.4, 0.5) is 5.69 Å². The van der Waals surface area contributed by atoms with Crippen LogP contribution in [-0.2, 0) is 15.3 Å². The maximum Gasteiger partial charge on any atom is 0.341 e. The lowest BCUT2D eigenvalue weighted by Gasteiger charge is -2.21. The summed E-state index contributed by atoms with van der Waals surface area (Å²) in [5, 5.41) is 13.0. The van der Waals surface area contributed by atoms with E-state index in [2.05, 4.69) is 5.32 Å². The van der Waals surface area contributed by atoms with E-state index >= 15 is 0 Å². The molecule has 2 aromatic rings. The highest BCUT2D eigenvalue weighted by molar-refractivity contribution is 6.05. The standard InChI is InChI=1S/C16H13NO5/c1-21-11-8-6-10(7-9-11)17-15(19)16(20)13-5-3-2-4-12(13)14(18)22-16/h2-9,20H,1H3,(H,17,19). The third kappa shape index (κ3) is 2.19. The number of cyclic esters (lactones) is 1. The van der Waals surface area contributed by atoms with E-state index in [1.165, 1.54) is 19.2 Å². The van der Waals surface area contributed by atoms with Gasteiger partial charge in [-0.05, 0) is 30.3 Å². The Balaban J connectivity index is 1.87. The van der Waals surface area contributed by atoms with Crippen LogP contribution in [0.2, 0.25) is 0 Å². The Labute approximate surface area is 126 Å². The second-order valence-electron chi connectivity index (χ2n) is 4.76. The lowest BCUT2D eigenvalue weighted by molar-refractivity contribution is -0.180. The van der Waals surface area contributed by atoms with Crippen molar-refractivity contribution in [2.24, 2.45) is 0 Å². The van der Waals surface area contributed by atoms with Gasteiger partial charge in [-0.15, -0.1) is 0 Å². The molecule has 1 amide bonds. The van der Waals surface area contributed by atoms with E-state index in [0.29, 0.717) is 11.4 Å². The van der Waals surface area contributed by atoms with Crippen molar-refractivity contribution in [1.29, 1.82) is 0 Å². The summed E-state index contributed by atoms with van der Waals surface area (Å²) in [5.74, 6) is -3.26. The topological polar surface area (TPSA) is 84.9 Å². The Kier molecular flexibility index (Phi) is 3.30. The van der Waals surface area contributed by atoms with Gasteiger partial charge in [-0.3, -0.25) is 4.79 Å². The normalized spacial score (nSPS) is 19.3. The highest BCUT2D eigenvalue weighted by atomic mass is 16.7. The van der Waals surface area contributed by atoms with Crippen LogP contribution in [0.3, 0.4) is 0 Å². The summed E-state index contributed by atoms with van der Waals surface area (Å²) < 4.78 is 9.90. The second kappa shape index (κ2) is 5.16. The summed E-state index contributed by atoms with van der Waals surface area (Å²) in [6.07, 6.45) is 0. The molecule has 0 bridgehead atoms. The van der Waals surface area contributed by atoms with E-state index in [9.17, 15) is 14.7 Å². The van der Waals surface area contributed by atoms with Crippen LogP contribution in [0.15, 0.2) is 48.5 Å². The predicted molar refractivity (Wildman–Crippen MR) is 77.4 cm³/mol. The Hall–Kier alpha value is -2.86. The van der Waals surface area contributed by atoms with E-state index in [4.69, 9.17) is 9.47 Å². The van der Waals surface area contributed by atoms with Crippen molar-refractivity contribution < 1.29 is 24.2 Å². The maximum atomic E-state index is 12.3. The molecular formula is C16H13NO5. The van der Waals surface area contributed by atoms with Gasteiger partial charge in [0.25, 0.3) is 0 Å². The second-order valence-corrected chi connectivity index (χ2v) is 4.76. The highest BCUT2D eigenvalue weighted by Crippen LogP contribution is 2.35. The molecule has 2 aromatic carbocycles. The monoisotopic (exact) mass is 299 g/mol. The third-order valence-corrected chi connectivity index (χ3v) is 3.41. The number of hydrogen-bond acceptors (Lipinski definition) is 5. The highest BCUT2D eigenvalue weighted by Gasteiger charge is 2.50. The maximum absolute atomic E-state index is 12.3. The van der Waals surface area contributed by atoms with Crippen molar-refractivity contribution in [3.05, 3.63) is 59.7 Å². The fraction of sp³-hybridized carbons (Fsp3) is 0.125. The number of benzene rings is 2. The average Bonchev–Trinajstić information content (AvgIpc) is 2.81.